The van der Waals surface area contributed by atoms with Crippen molar-refractivity contribution in [3.63, 3.8) is 0 Å². The lowest BCUT2D eigenvalue weighted by Gasteiger charge is -2.21. The topological polar surface area (TPSA) is 79.5 Å². The Morgan fingerprint density at radius 3 is 2.57 bits per heavy atom. The number of hydrogen-bond donors (Lipinski definition) is 0. The zero-order chi connectivity index (χ0) is 15.2. The van der Waals surface area contributed by atoms with E-state index >= 15 is 0 Å². The number of carbonyl (C=O) groups excluding carboxylic acids is 1. The van der Waals surface area contributed by atoms with Gasteiger partial charge in [-0.3, -0.25) is 9.78 Å². The second kappa shape index (κ2) is 6.71. The number of pyridine rings is 1. The highest BCUT2D eigenvalue weighted by molar-refractivity contribution is 5.93. The Morgan fingerprint density at radius 2 is 2.05 bits per heavy atom. The van der Waals surface area contributed by atoms with Gasteiger partial charge < -0.3 is 0 Å². The molecule has 0 fully saturated rings. The molecular weight excluding hydrogens is 264 g/mol. The Morgan fingerprint density at radius 1 is 1.24 bits per heavy atom. The SMILES string of the molecule is CC(C)C(C(=O)C(C#N)c1ccncn1)c1cccnc1. The van der Waals surface area contributed by atoms with Gasteiger partial charge in [0.2, 0.25) is 0 Å². The Kier molecular flexibility index (Phi) is 4.72. The van der Waals surface area contributed by atoms with E-state index < -0.39 is 5.92 Å². The standard InChI is InChI=1S/C16H16N4O/c1-11(2)15(12-4-3-6-18-9-12)16(21)13(8-17)14-5-7-19-10-20-14/h3-7,9-11,13,15H,1-2H3. The Labute approximate surface area is 123 Å². The van der Waals surface area contributed by atoms with Gasteiger partial charge in [-0.15, -0.1) is 0 Å². The minimum atomic E-state index is -0.888. The molecule has 0 aliphatic rings. The third-order valence-electron chi connectivity index (χ3n) is 3.33. The zero-order valence-electron chi connectivity index (χ0n) is 12.0. The first-order valence-corrected chi connectivity index (χ1v) is 6.74. The number of hydrogen-bond acceptors (Lipinski definition) is 5. The quantitative estimate of drug-likeness (QED) is 0.840. The minimum absolute atomic E-state index is 0.0689. The van der Waals surface area contributed by atoms with E-state index in [0.717, 1.165) is 5.56 Å². The molecule has 0 amide bonds. The largest absolute Gasteiger partial charge is 0.297 e. The van der Waals surface area contributed by atoms with Crippen molar-refractivity contribution in [1.29, 1.82) is 5.26 Å². The summed E-state index contributed by atoms with van der Waals surface area (Å²) < 4.78 is 0. The summed E-state index contributed by atoms with van der Waals surface area (Å²) in [4.78, 5) is 24.7. The van der Waals surface area contributed by atoms with Crippen LogP contribution < -0.4 is 0 Å². The van der Waals surface area contributed by atoms with Crippen molar-refractivity contribution < 1.29 is 4.79 Å². The van der Waals surface area contributed by atoms with Crippen LogP contribution in [0.5, 0.6) is 0 Å². The molecule has 2 unspecified atom stereocenters. The van der Waals surface area contributed by atoms with Crippen LogP contribution in [0.1, 0.15) is 36.9 Å². The Bertz CT molecular complexity index is 634. The lowest BCUT2D eigenvalue weighted by Crippen LogP contribution is -2.24. The van der Waals surface area contributed by atoms with Gasteiger partial charge in [-0.1, -0.05) is 19.9 Å². The molecule has 0 aromatic carbocycles. The maximum absolute atomic E-state index is 12.8. The van der Waals surface area contributed by atoms with E-state index in [1.165, 1.54) is 12.5 Å². The zero-order valence-corrected chi connectivity index (χ0v) is 12.0. The first-order chi connectivity index (χ1) is 10.1. The van der Waals surface area contributed by atoms with Gasteiger partial charge in [0.1, 0.15) is 12.2 Å². The van der Waals surface area contributed by atoms with Gasteiger partial charge in [-0.25, -0.2) is 9.97 Å². The van der Waals surface area contributed by atoms with E-state index in [1.54, 1.807) is 24.5 Å². The molecule has 5 nitrogen and oxygen atoms in total. The van der Waals surface area contributed by atoms with E-state index in [0.29, 0.717) is 5.69 Å². The van der Waals surface area contributed by atoms with Crippen molar-refractivity contribution in [1.82, 2.24) is 15.0 Å². The van der Waals surface area contributed by atoms with E-state index in [4.69, 9.17) is 0 Å². The molecule has 0 spiro atoms. The molecular formula is C16H16N4O. The van der Waals surface area contributed by atoms with Crippen LogP contribution in [0.25, 0.3) is 0 Å². The van der Waals surface area contributed by atoms with Crippen LogP contribution in [0.2, 0.25) is 0 Å². The van der Waals surface area contributed by atoms with Crippen LogP contribution >= 0.6 is 0 Å². The van der Waals surface area contributed by atoms with Gasteiger partial charge in [0.05, 0.1) is 11.8 Å². The predicted molar refractivity (Wildman–Crippen MR) is 77.2 cm³/mol. The normalized spacial score (nSPS) is 13.4. The molecule has 106 valence electrons. The second-order valence-electron chi connectivity index (χ2n) is 5.11. The minimum Gasteiger partial charge on any atom is -0.297 e. The lowest BCUT2D eigenvalue weighted by molar-refractivity contribution is -0.121. The summed E-state index contributed by atoms with van der Waals surface area (Å²) in [5, 5.41) is 9.38. The maximum atomic E-state index is 12.8. The molecule has 21 heavy (non-hydrogen) atoms. The summed E-state index contributed by atoms with van der Waals surface area (Å²) in [6.07, 6.45) is 6.23. The molecule has 2 rings (SSSR count). The summed E-state index contributed by atoms with van der Waals surface area (Å²) in [6, 6.07) is 7.33. The highest BCUT2D eigenvalue weighted by Crippen LogP contribution is 2.30. The molecule has 0 saturated heterocycles. The average molecular weight is 280 g/mol. The average Bonchev–Trinajstić information content (AvgIpc) is 2.50. The van der Waals surface area contributed by atoms with Gasteiger partial charge in [0.25, 0.3) is 0 Å². The summed E-state index contributed by atoms with van der Waals surface area (Å²) in [5.41, 5.74) is 1.26. The third-order valence-corrected chi connectivity index (χ3v) is 3.33. The molecule has 0 bridgehead atoms. The molecule has 2 aromatic rings. The highest BCUT2D eigenvalue weighted by Gasteiger charge is 2.32. The number of Topliss-reactive ketones (excluding diaryl/α,β-unsaturated/α-hetero) is 1. The highest BCUT2D eigenvalue weighted by atomic mass is 16.1. The van der Waals surface area contributed by atoms with Gasteiger partial charge in [0, 0.05) is 24.5 Å². The Balaban J connectivity index is 2.37. The fraction of sp³-hybridized carbons (Fsp3) is 0.312. The van der Waals surface area contributed by atoms with Crippen LogP contribution in [-0.2, 0) is 4.79 Å². The Hall–Kier alpha value is -2.61. The summed E-state index contributed by atoms with van der Waals surface area (Å²) in [6.45, 7) is 3.92. The molecule has 0 saturated carbocycles. The summed E-state index contributed by atoms with van der Waals surface area (Å²) in [5.74, 6) is -1.35. The van der Waals surface area contributed by atoms with Crippen molar-refractivity contribution >= 4 is 5.78 Å². The summed E-state index contributed by atoms with van der Waals surface area (Å²) >= 11 is 0. The van der Waals surface area contributed by atoms with Crippen molar-refractivity contribution in [2.24, 2.45) is 5.92 Å². The predicted octanol–water partition coefficient (Wildman–Crippen LogP) is 2.49. The van der Waals surface area contributed by atoms with Gasteiger partial charge in [-0.05, 0) is 23.6 Å². The van der Waals surface area contributed by atoms with Crippen LogP contribution in [-0.4, -0.2) is 20.7 Å². The molecule has 0 aliphatic heterocycles. The molecule has 0 N–H and O–H groups in total. The summed E-state index contributed by atoms with van der Waals surface area (Å²) in [7, 11) is 0. The number of nitriles is 1. The van der Waals surface area contributed by atoms with E-state index in [2.05, 4.69) is 21.0 Å². The van der Waals surface area contributed by atoms with Crippen LogP contribution in [0.15, 0.2) is 43.1 Å². The number of rotatable bonds is 5. The van der Waals surface area contributed by atoms with Crippen LogP contribution in [0, 0.1) is 17.2 Å². The van der Waals surface area contributed by atoms with E-state index in [1.807, 2.05) is 19.9 Å². The molecule has 0 radical (unpaired) electrons. The van der Waals surface area contributed by atoms with Crippen molar-refractivity contribution in [2.75, 3.05) is 0 Å². The fourth-order valence-corrected chi connectivity index (χ4v) is 2.36. The van der Waals surface area contributed by atoms with E-state index in [-0.39, 0.29) is 17.6 Å². The number of ketones is 1. The fourth-order valence-electron chi connectivity index (χ4n) is 2.36. The van der Waals surface area contributed by atoms with Crippen LogP contribution in [0.3, 0.4) is 0 Å². The first kappa shape index (κ1) is 14.8. The molecule has 2 atom stereocenters. The maximum Gasteiger partial charge on any atom is 0.163 e. The molecule has 5 heteroatoms. The molecule has 0 aliphatic carbocycles. The first-order valence-electron chi connectivity index (χ1n) is 6.74. The van der Waals surface area contributed by atoms with Crippen molar-refractivity contribution in [3.8, 4) is 6.07 Å². The smallest absolute Gasteiger partial charge is 0.163 e. The van der Waals surface area contributed by atoms with Gasteiger partial charge in [0.15, 0.2) is 5.78 Å². The number of aromatic nitrogens is 3. The van der Waals surface area contributed by atoms with Gasteiger partial charge >= 0.3 is 0 Å². The van der Waals surface area contributed by atoms with Crippen molar-refractivity contribution in [3.05, 3.63) is 54.4 Å². The third kappa shape index (κ3) is 3.29. The monoisotopic (exact) mass is 280 g/mol. The number of nitrogens with zero attached hydrogens (tertiary/aromatic N) is 4. The molecule has 2 aromatic heterocycles. The van der Waals surface area contributed by atoms with Crippen molar-refractivity contribution in [2.45, 2.75) is 25.7 Å². The van der Waals surface area contributed by atoms with Gasteiger partial charge in [-0.2, -0.15) is 5.26 Å². The molecule has 2 heterocycles. The lowest BCUT2D eigenvalue weighted by atomic mass is 9.80. The number of carbonyl (C=O) groups is 1. The second-order valence-corrected chi connectivity index (χ2v) is 5.11. The van der Waals surface area contributed by atoms with E-state index in [9.17, 15) is 10.1 Å². The van der Waals surface area contributed by atoms with Crippen LogP contribution in [0.4, 0.5) is 0 Å².